The predicted octanol–water partition coefficient (Wildman–Crippen LogP) is 3.21. The molecule has 4 heteroatoms. The summed E-state index contributed by atoms with van der Waals surface area (Å²) in [5.41, 5.74) is 8.34. The van der Waals surface area contributed by atoms with Crippen molar-refractivity contribution < 1.29 is 9.53 Å². The molecule has 1 fully saturated rings. The van der Waals surface area contributed by atoms with Gasteiger partial charge in [-0.1, -0.05) is 19.3 Å². The van der Waals surface area contributed by atoms with Crippen LogP contribution in [0, 0.1) is 0 Å². The van der Waals surface area contributed by atoms with Gasteiger partial charge in [0.25, 0.3) is 0 Å². The zero-order valence-electron chi connectivity index (χ0n) is 12.4. The third kappa shape index (κ3) is 3.06. The van der Waals surface area contributed by atoms with E-state index in [1.54, 1.807) is 12.1 Å². The molecular weight excluding hydrogens is 252 g/mol. The van der Waals surface area contributed by atoms with E-state index in [-0.39, 0.29) is 5.97 Å². The van der Waals surface area contributed by atoms with Crippen LogP contribution < -0.4 is 10.6 Å². The number of anilines is 2. The van der Waals surface area contributed by atoms with E-state index < -0.39 is 0 Å². The van der Waals surface area contributed by atoms with Gasteiger partial charge in [-0.05, 0) is 38.0 Å². The van der Waals surface area contributed by atoms with Gasteiger partial charge in [-0.15, -0.1) is 0 Å². The number of hydrogen-bond donors (Lipinski definition) is 1. The molecule has 1 saturated carbocycles. The lowest BCUT2D eigenvalue weighted by Gasteiger charge is -2.36. The van der Waals surface area contributed by atoms with E-state index in [2.05, 4.69) is 11.8 Å². The zero-order chi connectivity index (χ0) is 14.5. The fraction of sp³-hybridized carbons (Fsp3) is 0.562. The highest BCUT2D eigenvalue weighted by atomic mass is 16.5. The Balaban J connectivity index is 2.23. The van der Waals surface area contributed by atoms with Gasteiger partial charge in [0, 0.05) is 12.6 Å². The van der Waals surface area contributed by atoms with E-state index in [0.29, 0.717) is 17.3 Å². The van der Waals surface area contributed by atoms with E-state index in [1.165, 1.54) is 39.2 Å². The molecule has 20 heavy (non-hydrogen) atoms. The summed E-state index contributed by atoms with van der Waals surface area (Å²) in [6.45, 7) is 3.09. The Bertz CT molecular complexity index is 468. The fourth-order valence-corrected chi connectivity index (χ4v) is 3.08. The van der Waals surface area contributed by atoms with Crippen LogP contribution in [0.25, 0.3) is 0 Å². The van der Waals surface area contributed by atoms with Gasteiger partial charge in [0.1, 0.15) is 0 Å². The number of nitrogen functional groups attached to an aromatic ring is 1. The van der Waals surface area contributed by atoms with Crippen LogP contribution in [-0.4, -0.2) is 25.7 Å². The number of methoxy groups -OCH3 is 1. The van der Waals surface area contributed by atoms with Gasteiger partial charge in [0.05, 0.1) is 24.0 Å². The van der Waals surface area contributed by atoms with Crippen molar-refractivity contribution in [1.82, 2.24) is 0 Å². The summed E-state index contributed by atoms with van der Waals surface area (Å²) >= 11 is 0. The lowest BCUT2D eigenvalue weighted by atomic mass is 9.93. The number of esters is 1. The molecule has 1 aliphatic rings. The summed E-state index contributed by atoms with van der Waals surface area (Å²) in [6.07, 6.45) is 6.38. The quantitative estimate of drug-likeness (QED) is 0.677. The molecule has 2 rings (SSSR count). The first-order chi connectivity index (χ1) is 9.67. The summed E-state index contributed by atoms with van der Waals surface area (Å²) in [5.74, 6) is -0.344. The third-order valence-electron chi connectivity index (χ3n) is 4.11. The number of carbonyl (C=O) groups is 1. The number of ether oxygens (including phenoxy) is 1. The molecule has 4 nitrogen and oxygen atoms in total. The Morgan fingerprint density at radius 1 is 1.35 bits per heavy atom. The average molecular weight is 276 g/mol. The van der Waals surface area contributed by atoms with E-state index >= 15 is 0 Å². The van der Waals surface area contributed by atoms with Crippen molar-refractivity contribution >= 4 is 17.3 Å². The summed E-state index contributed by atoms with van der Waals surface area (Å²) in [5, 5.41) is 0. The largest absolute Gasteiger partial charge is 0.465 e. The summed E-state index contributed by atoms with van der Waals surface area (Å²) in [6, 6.07) is 6.02. The van der Waals surface area contributed by atoms with E-state index in [9.17, 15) is 4.79 Å². The van der Waals surface area contributed by atoms with Crippen molar-refractivity contribution in [2.75, 3.05) is 24.3 Å². The van der Waals surface area contributed by atoms with E-state index in [4.69, 9.17) is 10.5 Å². The first-order valence-corrected chi connectivity index (χ1v) is 7.41. The van der Waals surface area contributed by atoms with Crippen LogP contribution in [0.1, 0.15) is 49.4 Å². The zero-order valence-corrected chi connectivity index (χ0v) is 12.4. The standard InChI is InChI=1S/C16H24N2O2/c1-3-18(13-7-5-4-6-8-13)15-10-9-12(11-14(15)17)16(19)20-2/h9-11,13H,3-8,17H2,1-2H3. The monoisotopic (exact) mass is 276 g/mol. The van der Waals surface area contributed by atoms with Gasteiger partial charge in [-0.25, -0.2) is 4.79 Å². The molecule has 0 aromatic heterocycles. The highest BCUT2D eigenvalue weighted by Gasteiger charge is 2.22. The predicted molar refractivity (Wildman–Crippen MR) is 82.1 cm³/mol. The average Bonchev–Trinajstić information content (AvgIpc) is 2.49. The van der Waals surface area contributed by atoms with Crippen LogP contribution in [0.3, 0.4) is 0 Å². The van der Waals surface area contributed by atoms with Crippen LogP contribution in [0.2, 0.25) is 0 Å². The first kappa shape index (κ1) is 14.7. The second-order valence-electron chi connectivity index (χ2n) is 5.34. The van der Waals surface area contributed by atoms with Crippen molar-refractivity contribution in [1.29, 1.82) is 0 Å². The number of nitrogens with zero attached hydrogens (tertiary/aromatic N) is 1. The van der Waals surface area contributed by atoms with Crippen molar-refractivity contribution in [2.24, 2.45) is 0 Å². The van der Waals surface area contributed by atoms with Crippen molar-refractivity contribution in [3.8, 4) is 0 Å². The van der Waals surface area contributed by atoms with Crippen LogP contribution >= 0.6 is 0 Å². The smallest absolute Gasteiger partial charge is 0.337 e. The Hall–Kier alpha value is -1.71. The van der Waals surface area contributed by atoms with Crippen molar-refractivity contribution in [3.63, 3.8) is 0 Å². The molecule has 1 aliphatic carbocycles. The molecule has 0 saturated heterocycles. The molecular formula is C16H24N2O2. The molecule has 0 unspecified atom stereocenters. The number of rotatable bonds is 4. The molecule has 110 valence electrons. The van der Waals surface area contributed by atoms with Crippen LogP contribution in [-0.2, 0) is 4.74 Å². The first-order valence-electron chi connectivity index (χ1n) is 7.41. The Kier molecular flexibility index (Phi) is 4.88. The van der Waals surface area contributed by atoms with Crippen LogP contribution in [0.5, 0.6) is 0 Å². The van der Waals surface area contributed by atoms with Gasteiger partial charge in [-0.3, -0.25) is 0 Å². The minimum absolute atomic E-state index is 0.344. The number of nitrogens with two attached hydrogens (primary N) is 1. The van der Waals surface area contributed by atoms with Gasteiger partial charge in [0.2, 0.25) is 0 Å². The molecule has 0 radical (unpaired) electrons. The molecule has 1 aromatic carbocycles. The number of benzene rings is 1. The maximum absolute atomic E-state index is 11.5. The van der Waals surface area contributed by atoms with E-state index in [1.807, 2.05) is 6.07 Å². The van der Waals surface area contributed by atoms with Gasteiger partial charge < -0.3 is 15.4 Å². The topological polar surface area (TPSA) is 55.6 Å². The second kappa shape index (κ2) is 6.64. The number of carbonyl (C=O) groups excluding carboxylic acids is 1. The van der Waals surface area contributed by atoms with Crippen LogP contribution in [0.4, 0.5) is 11.4 Å². The Labute approximate surface area is 120 Å². The summed E-state index contributed by atoms with van der Waals surface area (Å²) < 4.78 is 4.73. The summed E-state index contributed by atoms with van der Waals surface area (Å²) in [7, 11) is 1.38. The van der Waals surface area contributed by atoms with Gasteiger partial charge in [0.15, 0.2) is 0 Å². The molecule has 0 atom stereocenters. The maximum atomic E-state index is 11.5. The Morgan fingerprint density at radius 2 is 2.05 bits per heavy atom. The second-order valence-corrected chi connectivity index (χ2v) is 5.34. The Morgan fingerprint density at radius 3 is 2.60 bits per heavy atom. The van der Waals surface area contributed by atoms with Crippen molar-refractivity contribution in [2.45, 2.75) is 45.1 Å². The van der Waals surface area contributed by atoms with E-state index in [0.717, 1.165) is 12.2 Å². The van der Waals surface area contributed by atoms with Gasteiger partial charge in [-0.2, -0.15) is 0 Å². The number of hydrogen-bond acceptors (Lipinski definition) is 4. The lowest BCUT2D eigenvalue weighted by Crippen LogP contribution is -2.37. The lowest BCUT2D eigenvalue weighted by molar-refractivity contribution is 0.0601. The highest BCUT2D eigenvalue weighted by Crippen LogP contribution is 2.31. The minimum Gasteiger partial charge on any atom is -0.465 e. The van der Waals surface area contributed by atoms with Crippen molar-refractivity contribution in [3.05, 3.63) is 23.8 Å². The molecule has 0 bridgehead atoms. The molecule has 0 spiro atoms. The molecule has 0 aliphatic heterocycles. The maximum Gasteiger partial charge on any atom is 0.337 e. The third-order valence-corrected chi connectivity index (χ3v) is 4.11. The van der Waals surface area contributed by atoms with Gasteiger partial charge >= 0.3 is 5.97 Å². The normalized spacial score (nSPS) is 15.9. The fourth-order valence-electron chi connectivity index (χ4n) is 3.08. The SMILES string of the molecule is CCN(c1ccc(C(=O)OC)cc1N)C1CCCCC1. The highest BCUT2D eigenvalue weighted by molar-refractivity contribution is 5.92. The molecule has 0 amide bonds. The molecule has 0 heterocycles. The summed E-state index contributed by atoms with van der Waals surface area (Å²) in [4.78, 5) is 13.9. The molecule has 1 aromatic rings. The van der Waals surface area contributed by atoms with Crippen LogP contribution in [0.15, 0.2) is 18.2 Å². The minimum atomic E-state index is -0.344. The molecule has 2 N–H and O–H groups in total.